The average molecular weight is 264 g/mol. The zero-order valence-electron chi connectivity index (χ0n) is 10.1. The van der Waals surface area contributed by atoms with Crippen molar-refractivity contribution >= 4 is 28.5 Å². The van der Waals surface area contributed by atoms with Crippen molar-refractivity contribution in [1.29, 1.82) is 0 Å². The van der Waals surface area contributed by atoms with Crippen LogP contribution in [0.25, 0.3) is 10.9 Å². The van der Waals surface area contributed by atoms with Crippen molar-refractivity contribution in [2.45, 2.75) is 13.5 Å². The zero-order valence-corrected chi connectivity index (χ0v) is 10.9. The summed E-state index contributed by atoms with van der Waals surface area (Å²) < 4.78 is 6.84. The summed E-state index contributed by atoms with van der Waals surface area (Å²) in [5.41, 5.74) is 1.40. The summed E-state index contributed by atoms with van der Waals surface area (Å²) >= 11 is 6.09. The second kappa shape index (κ2) is 5.27. The summed E-state index contributed by atoms with van der Waals surface area (Å²) in [6.07, 6.45) is 1.89. The fourth-order valence-corrected chi connectivity index (χ4v) is 2.06. The Kier molecular flexibility index (Phi) is 3.72. The lowest BCUT2D eigenvalue weighted by molar-refractivity contribution is -0.138. The predicted molar refractivity (Wildman–Crippen MR) is 72.7 cm³/mol. The van der Waals surface area contributed by atoms with Gasteiger partial charge in [-0.3, -0.25) is 0 Å². The third kappa shape index (κ3) is 2.41. The Morgan fingerprint density at radius 1 is 1.44 bits per heavy atom. The number of rotatable bonds is 4. The summed E-state index contributed by atoms with van der Waals surface area (Å²) in [4.78, 5) is 11.5. The molecule has 1 aromatic heterocycles. The molecule has 1 aromatic carbocycles. The largest absolute Gasteiger partial charge is 0.463 e. The van der Waals surface area contributed by atoms with Gasteiger partial charge in [-0.1, -0.05) is 24.2 Å². The summed E-state index contributed by atoms with van der Waals surface area (Å²) in [7, 11) is 0. The third-order valence-corrected chi connectivity index (χ3v) is 3.02. The molecule has 0 N–H and O–H groups in total. The minimum Gasteiger partial charge on any atom is -0.463 e. The second-order valence-electron chi connectivity index (χ2n) is 3.94. The molecule has 0 unspecified atom stereocenters. The summed E-state index contributed by atoms with van der Waals surface area (Å²) in [5.74, 6) is -0.360. The van der Waals surface area contributed by atoms with Crippen LogP contribution < -0.4 is 0 Å². The first-order chi connectivity index (χ1) is 8.63. The molecule has 2 rings (SSSR count). The highest BCUT2D eigenvalue weighted by atomic mass is 35.5. The van der Waals surface area contributed by atoms with Crippen LogP contribution in [0.1, 0.15) is 6.92 Å². The van der Waals surface area contributed by atoms with E-state index in [0.29, 0.717) is 23.7 Å². The number of carbonyl (C=O) groups excluding carboxylic acids is 1. The average Bonchev–Trinajstić information content (AvgIpc) is 2.74. The van der Waals surface area contributed by atoms with E-state index in [1.165, 1.54) is 0 Å². The number of esters is 1. The minimum absolute atomic E-state index is 0.357. The number of fused-ring (bicyclic) bond motifs is 1. The van der Waals surface area contributed by atoms with E-state index in [2.05, 4.69) is 6.58 Å². The summed E-state index contributed by atoms with van der Waals surface area (Å²) in [6.45, 7) is 6.29. The van der Waals surface area contributed by atoms with Crippen molar-refractivity contribution in [1.82, 2.24) is 4.57 Å². The molecule has 0 atom stereocenters. The molecule has 0 bridgehead atoms. The van der Waals surface area contributed by atoms with Gasteiger partial charge in [-0.15, -0.1) is 0 Å². The van der Waals surface area contributed by atoms with Gasteiger partial charge in [0.25, 0.3) is 0 Å². The topological polar surface area (TPSA) is 31.2 Å². The number of benzene rings is 1. The Bertz CT molecular complexity index is 601. The van der Waals surface area contributed by atoms with Gasteiger partial charge in [0.05, 0.1) is 13.2 Å². The number of hydrogen-bond acceptors (Lipinski definition) is 2. The Labute approximate surface area is 111 Å². The Morgan fingerprint density at radius 2 is 2.22 bits per heavy atom. The molecule has 0 fully saturated rings. The summed E-state index contributed by atoms with van der Waals surface area (Å²) in [6, 6.07) is 7.61. The van der Waals surface area contributed by atoms with Gasteiger partial charge < -0.3 is 9.30 Å². The van der Waals surface area contributed by atoms with E-state index in [4.69, 9.17) is 16.3 Å². The van der Waals surface area contributed by atoms with E-state index in [1.54, 1.807) is 6.92 Å². The molecule has 94 valence electrons. The molecular formula is C14H14ClNO2. The quantitative estimate of drug-likeness (QED) is 0.625. The highest BCUT2D eigenvalue weighted by Gasteiger charge is 2.10. The van der Waals surface area contributed by atoms with Crippen molar-refractivity contribution in [3.8, 4) is 0 Å². The maximum atomic E-state index is 11.5. The fourth-order valence-electron chi connectivity index (χ4n) is 1.83. The van der Waals surface area contributed by atoms with E-state index < -0.39 is 0 Å². The normalized spacial score (nSPS) is 10.6. The van der Waals surface area contributed by atoms with Gasteiger partial charge in [-0.2, -0.15) is 0 Å². The molecule has 0 amide bonds. The van der Waals surface area contributed by atoms with E-state index in [-0.39, 0.29) is 5.97 Å². The Morgan fingerprint density at radius 3 is 2.94 bits per heavy atom. The zero-order chi connectivity index (χ0) is 13.1. The molecule has 0 aliphatic carbocycles. The van der Waals surface area contributed by atoms with Crippen LogP contribution in [0.5, 0.6) is 0 Å². The molecule has 18 heavy (non-hydrogen) atoms. The molecule has 0 spiro atoms. The van der Waals surface area contributed by atoms with Gasteiger partial charge in [0.1, 0.15) is 0 Å². The molecule has 0 aliphatic heterocycles. The highest BCUT2D eigenvalue weighted by molar-refractivity contribution is 6.35. The maximum Gasteiger partial charge on any atom is 0.335 e. The highest BCUT2D eigenvalue weighted by Crippen LogP contribution is 2.24. The van der Waals surface area contributed by atoms with Crippen LogP contribution in [0, 0.1) is 0 Å². The smallest absolute Gasteiger partial charge is 0.335 e. The van der Waals surface area contributed by atoms with E-state index >= 15 is 0 Å². The molecule has 1 heterocycles. The molecule has 2 aromatic rings. The molecule has 4 heteroatoms. The van der Waals surface area contributed by atoms with E-state index in [1.807, 2.05) is 35.0 Å². The Balaban J connectivity index is 2.25. The van der Waals surface area contributed by atoms with Crippen LogP contribution in [-0.2, 0) is 16.1 Å². The van der Waals surface area contributed by atoms with Gasteiger partial charge in [-0.05, 0) is 25.1 Å². The lowest BCUT2D eigenvalue weighted by Crippen LogP contribution is -2.11. The van der Waals surface area contributed by atoms with Gasteiger partial charge in [-0.25, -0.2) is 4.79 Å². The first kappa shape index (κ1) is 12.7. The molecule has 0 radical (unpaired) electrons. The number of nitrogens with zero attached hydrogens (tertiary/aromatic N) is 1. The second-order valence-corrected chi connectivity index (χ2v) is 4.35. The van der Waals surface area contributed by atoms with Gasteiger partial charge in [0.15, 0.2) is 0 Å². The first-order valence-electron chi connectivity index (χ1n) is 5.71. The molecule has 0 saturated carbocycles. The standard InChI is InChI=1S/C14H14ClNO2/c1-3-18-14(17)10(2)9-16-8-7-11-12(15)5-4-6-13(11)16/h4-8H,2-3,9H2,1H3. The van der Waals surface area contributed by atoms with Crippen molar-refractivity contribution in [2.75, 3.05) is 6.61 Å². The van der Waals surface area contributed by atoms with Crippen LogP contribution in [0.4, 0.5) is 0 Å². The minimum atomic E-state index is -0.360. The fraction of sp³-hybridized carbons (Fsp3) is 0.214. The van der Waals surface area contributed by atoms with Crippen molar-refractivity contribution in [3.63, 3.8) is 0 Å². The number of hydrogen-bond donors (Lipinski definition) is 0. The molecule has 0 saturated heterocycles. The SMILES string of the molecule is C=C(Cn1ccc2c(Cl)cccc21)C(=O)OCC. The van der Waals surface area contributed by atoms with Gasteiger partial charge >= 0.3 is 5.97 Å². The molecule has 0 aliphatic rings. The Hall–Kier alpha value is -1.74. The van der Waals surface area contributed by atoms with Gasteiger partial charge in [0, 0.05) is 27.7 Å². The number of carbonyl (C=O) groups is 1. The van der Waals surface area contributed by atoms with Crippen molar-refractivity contribution in [2.24, 2.45) is 0 Å². The maximum absolute atomic E-state index is 11.5. The molecule has 3 nitrogen and oxygen atoms in total. The number of halogens is 1. The van der Waals surface area contributed by atoms with Crippen LogP contribution in [0.3, 0.4) is 0 Å². The third-order valence-electron chi connectivity index (χ3n) is 2.69. The monoisotopic (exact) mass is 263 g/mol. The lowest BCUT2D eigenvalue weighted by atomic mass is 10.2. The van der Waals surface area contributed by atoms with Gasteiger partial charge in [0.2, 0.25) is 0 Å². The summed E-state index contributed by atoms with van der Waals surface area (Å²) in [5, 5.41) is 1.67. The molecular weight excluding hydrogens is 250 g/mol. The van der Waals surface area contributed by atoms with Crippen LogP contribution in [-0.4, -0.2) is 17.1 Å². The van der Waals surface area contributed by atoms with E-state index in [9.17, 15) is 4.79 Å². The van der Waals surface area contributed by atoms with Crippen molar-refractivity contribution in [3.05, 3.63) is 47.6 Å². The first-order valence-corrected chi connectivity index (χ1v) is 6.09. The lowest BCUT2D eigenvalue weighted by Gasteiger charge is -2.08. The van der Waals surface area contributed by atoms with Crippen LogP contribution >= 0.6 is 11.6 Å². The van der Waals surface area contributed by atoms with Crippen LogP contribution in [0.2, 0.25) is 5.02 Å². The van der Waals surface area contributed by atoms with Crippen molar-refractivity contribution < 1.29 is 9.53 Å². The van der Waals surface area contributed by atoms with E-state index in [0.717, 1.165) is 10.9 Å². The number of aromatic nitrogens is 1. The van der Waals surface area contributed by atoms with Crippen LogP contribution in [0.15, 0.2) is 42.6 Å². The predicted octanol–water partition coefficient (Wildman–Crippen LogP) is 3.41. The number of ether oxygens (including phenoxy) is 1.